The zero-order valence-electron chi connectivity index (χ0n) is 16.3. The van der Waals surface area contributed by atoms with E-state index in [0.717, 1.165) is 17.3 Å². The van der Waals surface area contributed by atoms with Crippen molar-refractivity contribution in [3.8, 4) is 11.3 Å². The number of piperidine rings is 1. The highest BCUT2D eigenvalue weighted by atomic mass is 19.1. The van der Waals surface area contributed by atoms with Gasteiger partial charge in [-0.3, -0.25) is 9.48 Å². The maximum absolute atomic E-state index is 14.6. The van der Waals surface area contributed by atoms with Crippen molar-refractivity contribution in [2.45, 2.75) is 38.2 Å². The van der Waals surface area contributed by atoms with Gasteiger partial charge in [-0.05, 0) is 43.9 Å². The Bertz CT molecular complexity index is 963. The molecule has 1 atom stereocenters. The van der Waals surface area contributed by atoms with Crippen LogP contribution in [0.3, 0.4) is 0 Å². The van der Waals surface area contributed by atoms with Crippen molar-refractivity contribution in [2.75, 3.05) is 13.1 Å². The molecule has 1 aromatic carbocycles. The van der Waals surface area contributed by atoms with Crippen molar-refractivity contribution in [2.24, 2.45) is 13.0 Å². The number of carbonyl (C=O) groups excluding carboxylic acids is 1. The van der Waals surface area contributed by atoms with Gasteiger partial charge in [0.05, 0.1) is 17.4 Å². The van der Waals surface area contributed by atoms with Gasteiger partial charge in [-0.15, -0.1) is 0 Å². The van der Waals surface area contributed by atoms with Gasteiger partial charge in [-0.1, -0.05) is 0 Å². The summed E-state index contributed by atoms with van der Waals surface area (Å²) < 4.78 is 16.3. The summed E-state index contributed by atoms with van der Waals surface area (Å²) in [5, 5.41) is 23.2. The largest absolute Gasteiger partial charge is 0.478 e. The second kappa shape index (κ2) is 7.59. The fraction of sp³-hybridized carbons (Fsp3) is 0.476. The molecule has 154 valence electrons. The molecular weight excluding hydrogens is 377 g/mol. The quantitative estimate of drug-likeness (QED) is 0.820. The van der Waals surface area contributed by atoms with Crippen LogP contribution in [0.5, 0.6) is 0 Å². The number of aromatic carboxylic acids is 1. The normalized spacial score (nSPS) is 19.8. The Morgan fingerprint density at radius 3 is 2.59 bits per heavy atom. The van der Waals surface area contributed by atoms with E-state index >= 15 is 0 Å². The lowest BCUT2D eigenvalue weighted by atomic mass is 9.84. The number of amides is 1. The van der Waals surface area contributed by atoms with Gasteiger partial charge in [-0.25, -0.2) is 9.18 Å². The van der Waals surface area contributed by atoms with Crippen molar-refractivity contribution in [1.29, 1.82) is 0 Å². The van der Waals surface area contributed by atoms with Crippen LogP contribution < -0.4 is 0 Å². The van der Waals surface area contributed by atoms with E-state index in [9.17, 15) is 19.1 Å². The number of aliphatic hydroxyl groups is 1. The Hall–Kier alpha value is -2.74. The number of likely N-dealkylation sites (tertiary alicyclic amines) is 1. The lowest BCUT2D eigenvalue weighted by Gasteiger charge is -2.33. The molecule has 1 saturated heterocycles. The number of aromatic nitrogens is 2. The Balaban J connectivity index is 1.57. The Kier molecular flexibility index (Phi) is 5.12. The van der Waals surface area contributed by atoms with Gasteiger partial charge in [0.15, 0.2) is 0 Å². The third kappa shape index (κ3) is 3.64. The van der Waals surface area contributed by atoms with Gasteiger partial charge in [0, 0.05) is 49.3 Å². The van der Waals surface area contributed by atoms with E-state index in [-0.39, 0.29) is 29.1 Å². The number of halogens is 1. The summed E-state index contributed by atoms with van der Waals surface area (Å²) in [5.41, 5.74) is 2.54. The number of nitrogens with zero attached hydrogens (tertiary/aromatic N) is 3. The van der Waals surface area contributed by atoms with Crippen molar-refractivity contribution >= 4 is 11.9 Å². The molecule has 4 rings (SSSR count). The molecule has 1 aliphatic carbocycles. The van der Waals surface area contributed by atoms with Crippen LogP contribution in [0.4, 0.5) is 4.39 Å². The van der Waals surface area contributed by atoms with Gasteiger partial charge >= 0.3 is 5.97 Å². The molecule has 1 unspecified atom stereocenters. The van der Waals surface area contributed by atoms with Gasteiger partial charge in [0.2, 0.25) is 5.91 Å². The van der Waals surface area contributed by atoms with Crippen LogP contribution in [-0.2, 0) is 24.7 Å². The minimum Gasteiger partial charge on any atom is -0.478 e. The molecule has 2 heterocycles. The number of carboxylic acid groups (broad SMARTS) is 1. The van der Waals surface area contributed by atoms with Crippen LogP contribution in [0.2, 0.25) is 0 Å². The van der Waals surface area contributed by atoms with Crippen LogP contribution in [0.15, 0.2) is 18.2 Å². The summed E-state index contributed by atoms with van der Waals surface area (Å²) in [5.74, 6) is -1.82. The lowest BCUT2D eigenvalue weighted by Crippen LogP contribution is -2.44. The lowest BCUT2D eigenvalue weighted by molar-refractivity contribution is -0.138. The molecule has 1 aliphatic heterocycles. The van der Waals surface area contributed by atoms with Crippen LogP contribution in [0.1, 0.15) is 40.9 Å². The molecule has 1 amide bonds. The zero-order chi connectivity index (χ0) is 20.7. The number of rotatable bonds is 3. The van der Waals surface area contributed by atoms with E-state index in [1.54, 1.807) is 11.7 Å². The van der Waals surface area contributed by atoms with E-state index in [4.69, 9.17) is 5.11 Å². The monoisotopic (exact) mass is 401 g/mol. The van der Waals surface area contributed by atoms with Crippen LogP contribution >= 0.6 is 0 Å². The molecule has 2 aromatic rings. The minimum absolute atomic E-state index is 0.103. The van der Waals surface area contributed by atoms with Crippen molar-refractivity contribution < 1.29 is 24.2 Å². The smallest absolute Gasteiger partial charge is 0.335 e. The fourth-order valence-electron chi connectivity index (χ4n) is 4.39. The molecule has 7 nitrogen and oxygen atoms in total. The van der Waals surface area contributed by atoms with E-state index in [1.807, 2.05) is 4.90 Å². The predicted molar refractivity (Wildman–Crippen MR) is 103 cm³/mol. The first-order chi connectivity index (χ1) is 13.8. The number of aliphatic hydroxyl groups excluding tert-OH is 1. The molecule has 2 N–H and O–H groups in total. The summed E-state index contributed by atoms with van der Waals surface area (Å²) in [6, 6.07) is 3.85. The maximum atomic E-state index is 14.6. The Morgan fingerprint density at radius 2 is 1.93 bits per heavy atom. The van der Waals surface area contributed by atoms with Crippen molar-refractivity contribution in [3.63, 3.8) is 0 Å². The number of aryl methyl sites for hydroxylation is 1. The predicted octanol–water partition coefficient (Wildman–Crippen LogP) is 2.01. The molecule has 2 aliphatic rings. The van der Waals surface area contributed by atoms with E-state index in [1.165, 1.54) is 12.1 Å². The maximum Gasteiger partial charge on any atom is 0.335 e. The summed E-state index contributed by atoms with van der Waals surface area (Å²) in [6.45, 7) is 1.17. The third-order valence-corrected chi connectivity index (χ3v) is 6.05. The highest BCUT2D eigenvalue weighted by Gasteiger charge is 2.33. The summed E-state index contributed by atoms with van der Waals surface area (Å²) >= 11 is 0. The van der Waals surface area contributed by atoms with Gasteiger partial charge in [-0.2, -0.15) is 5.10 Å². The first-order valence-corrected chi connectivity index (χ1v) is 9.90. The summed E-state index contributed by atoms with van der Waals surface area (Å²) in [7, 11) is 1.79. The molecule has 1 fully saturated rings. The molecule has 1 aromatic heterocycles. The molecule has 0 spiro atoms. The van der Waals surface area contributed by atoms with Gasteiger partial charge in [0.1, 0.15) is 5.82 Å². The van der Waals surface area contributed by atoms with Crippen molar-refractivity contribution in [3.05, 3.63) is 40.8 Å². The minimum atomic E-state index is -1.18. The number of fused-ring (bicyclic) bond motifs is 1. The zero-order valence-corrected chi connectivity index (χ0v) is 16.3. The van der Waals surface area contributed by atoms with E-state index in [0.29, 0.717) is 50.9 Å². The third-order valence-electron chi connectivity index (χ3n) is 6.05. The molecule has 0 bridgehead atoms. The van der Waals surface area contributed by atoms with Gasteiger partial charge < -0.3 is 15.1 Å². The highest BCUT2D eigenvalue weighted by molar-refractivity contribution is 5.88. The number of hydrogen-bond donors (Lipinski definition) is 2. The highest BCUT2D eigenvalue weighted by Crippen LogP contribution is 2.35. The molecule has 29 heavy (non-hydrogen) atoms. The SMILES string of the molecule is Cn1nc(-c2ccc(C(=O)O)cc2F)c2c1CC(C(=O)N1CCC(O)CC1)CC2. The molecule has 0 radical (unpaired) electrons. The average Bonchev–Trinajstić information content (AvgIpc) is 3.03. The van der Waals surface area contributed by atoms with Crippen molar-refractivity contribution in [1.82, 2.24) is 14.7 Å². The van der Waals surface area contributed by atoms with Crippen LogP contribution in [0, 0.1) is 11.7 Å². The second-order valence-electron chi connectivity index (χ2n) is 7.89. The topological polar surface area (TPSA) is 95.7 Å². The Morgan fingerprint density at radius 1 is 1.21 bits per heavy atom. The standard InChI is InChI=1S/C21H24FN3O4/c1-24-18-11-12(20(27)25-8-6-14(26)7-9-25)2-5-16(18)19(23-24)15-4-3-13(21(28)29)10-17(15)22/h3-4,10,12,14,26H,2,5-9,11H2,1H3,(H,28,29). The Labute approximate surface area is 167 Å². The summed E-state index contributed by atoms with van der Waals surface area (Å²) in [4.78, 5) is 25.8. The van der Waals surface area contributed by atoms with E-state index in [2.05, 4.69) is 5.10 Å². The number of hydrogen-bond acceptors (Lipinski definition) is 4. The second-order valence-corrected chi connectivity index (χ2v) is 7.89. The first kappa shape index (κ1) is 19.6. The first-order valence-electron chi connectivity index (χ1n) is 9.90. The van der Waals surface area contributed by atoms with E-state index < -0.39 is 11.8 Å². The number of carboxylic acids is 1. The molecule has 0 saturated carbocycles. The van der Waals surface area contributed by atoms with Crippen LogP contribution in [-0.4, -0.2) is 56.0 Å². The number of benzene rings is 1. The molecular formula is C21H24FN3O4. The fourth-order valence-corrected chi connectivity index (χ4v) is 4.39. The number of carbonyl (C=O) groups is 2. The average molecular weight is 401 g/mol. The molecule has 8 heteroatoms. The van der Waals surface area contributed by atoms with Gasteiger partial charge in [0.25, 0.3) is 0 Å². The summed E-state index contributed by atoms with van der Waals surface area (Å²) in [6.07, 6.45) is 2.74. The van der Waals surface area contributed by atoms with Crippen LogP contribution in [0.25, 0.3) is 11.3 Å².